The van der Waals surface area contributed by atoms with E-state index in [-0.39, 0.29) is 11.5 Å². The van der Waals surface area contributed by atoms with Crippen LogP contribution in [0.4, 0.5) is 5.69 Å². The molecule has 0 radical (unpaired) electrons. The quantitative estimate of drug-likeness (QED) is 0.437. The number of H-pyrrole nitrogens is 1. The summed E-state index contributed by atoms with van der Waals surface area (Å²) in [5.74, 6) is 0.150. The topological polar surface area (TPSA) is 109 Å². The molecule has 0 aromatic carbocycles. The molecule has 6 rings (SSSR count). The summed E-state index contributed by atoms with van der Waals surface area (Å²) in [4.78, 5) is 39.2. The summed E-state index contributed by atoms with van der Waals surface area (Å²) in [6.45, 7) is 2.49. The van der Waals surface area contributed by atoms with Crippen LogP contribution in [-0.2, 0) is 13.6 Å². The SMILES string of the molecule is Cn1cc(NC(=O)c2ccc(C3=CCN(Cc4cnc5cc(C6CC6)c(=O)[nH]c5c4)CC3)cn2)cn1. The molecule has 9 nitrogen and oxygen atoms in total. The van der Waals surface area contributed by atoms with Crippen molar-refractivity contribution in [1.29, 1.82) is 0 Å². The lowest BCUT2D eigenvalue weighted by atomic mass is 10.0. The third-order valence-corrected chi connectivity index (χ3v) is 6.82. The molecule has 5 heterocycles. The molecule has 182 valence electrons. The van der Waals surface area contributed by atoms with Gasteiger partial charge in [0, 0.05) is 50.8 Å². The minimum Gasteiger partial charge on any atom is -0.320 e. The van der Waals surface area contributed by atoms with Gasteiger partial charge in [0.15, 0.2) is 0 Å². The average molecular weight is 482 g/mol. The van der Waals surface area contributed by atoms with Gasteiger partial charge in [-0.05, 0) is 60.1 Å². The van der Waals surface area contributed by atoms with Gasteiger partial charge in [0.2, 0.25) is 0 Å². The van der Waals surface area contributed by atoms with Crippen molar-refractivity contribution < 1.29 is 4.79 Å². The van der Waals surface area contributed by atoms with Crippen molar-refractivity contribution in [2.45, 2.75) is 31.7 Å². The number of pyridine rings is 3. The zero-order valence-electron chi connectivity index (χ0n) is 20.1. The van der Waals surface area contributed by atoms with E-state index in [0.717, 1.165) is 66.6 Å². The highest BCUT2D eigenvalue weighted by molar-refractivity contribution is 6.02. The second-order valence-electron chi connectivity index (χ2n) is 9.61. The molecule has 4 aromatic rings. The summed E-state index contributed by atoms with van der Waals surface area (Å²) in [7, 11) is 1.80. The van der Waals surface area contributed by atoms with Gasteiger partial charge in [0.05, 0.1) is 22.9 Å². The van der Waals surface area contributed by atoms with E-state index < -0.39 is 0 Å². The summed E-state index contributed by atoms with van der Waals surface area (Å²) in [6, 6.07) is 7.70. The molecule has 1 saturated carbocycles. The maximum atomic E-state index is 12.4. The highest BCUT2D eigenvalue weighted by Crippen LogP contribution is 2.38. The summed E-state index contributed by atoms with van der Waals surface area (Å²) < 4.78 is 1.63. The molecule has 0 spiro atoms. The molecule has 2 N–H and O–H groups in total. The van der Waals surface area contributed by atoms with Gasteiger partial charge in [-0.15, -0.1) is 0 Å². The predicted octanol–water partition coefficient (Wildman–Crippen LogP) is 3.47. The molecule has 1 aliphatic carbocycles. The maximum Gasteiger partial charge on any atom is 0.274 e. The monoisotopic (exact) mass is 481 g/mol. The van der Waals surface area contributed by atoms with Gasteiger partial charge in [-0.3, -0.25) is 29.1 Å². The predicted molar refractivity (Wildman–Crippen MR) is 138 cm³/mol. The van der Waals surface area contributed by atoms with Crippen LogP contribution >= 0.6 is 0 Å². The number of fused-ring (bicyclic) bond motifs is 1. The lowest BCUT2D eigenvalue weighted by molar-refractivity contribution is 0.102. The van der Waals surface area contributed by atoms with Gasteiger partial charge in [0.25, 0.3) is 11.5 Å². The normalized spacial score (nSPS) is 16.2. The second kappa shape index (κ2) is 9.16. The van der Waals surface area contributed by atoms with E-state index in [1.54, 1.807) is 36.4 Å². The lowest BCUT2D eigenvalue weighted by Crippen LogP contribution is -2.28. The first-order valence-electron chi connectivity index (χ1n) is 12.2. The highest BCUT2D eigenvalue weighted by Gasteiger charge is 2.26. The lowest BCUT2D eigenvalue weighted by Gasteiger charge is -2.26. The Morgan fingerprint density at radius 3 is 2.75 bits per heavy atom. The Morgan fingerprint density at radius 2 is 2.06 bits per heavy atom. The van der Waals surface area contributed by atoms with E-state index in [1.807, 2.05) is 24.4 Å². The number of carbonyl (C=O) groups is 1. The van der Waals surface area contributed by atoms with E-state index >= 15 is 0 Å². The van der Waals surface area contributed by atoms with Crippen molar-refractivity contribution in [3.63, 3.8) is 0 Å². The molecule has 1 fully saturated rings. The van der Waals surface area contributed by atoms with Gasteiger partial charge >= 0.3 is 0 Å². The van der Waals surface area contributed by atoms with Crippen LogP contribution in [0.3, 0.4) is 0 Å². The molecular weight excluding hydrogens is 454 g/mol. The first-order valence-corrected chi connectivity index (χ1v) is 12.2. The fraction of sp³-hybridized carbons (Fsp3) is 0.296. The molecule has 0 bridgehead atoms. The van der Waals surface area contributed by atoms with Gasteiger partial charge in [-0.2, -0.15) is 5.10 Å². The number of nitrogens with one attached hydrogen (secondary N) is 2. The zero-order chi connectivity index (χ0) is 24.6. The number of nitrogens with zero attached hydrogens (tertiary/aromatic N) is 5. The summed E-state index contributed by atoms with van der Waals surface area (Å²) in [5, 5.41) is 6.85. The van der Waals surface area contributed by atoms with E-state index in [9.17, 15) is 9.59 Å². The smallest absolute Gasteiger partial charge is 0.274 e. The van der Waals surface area contributed by atoms with Crippen molar-refractivity contribution in [3.8, 4) is 0 Å². The van der Waals surface area contributed by atoms with E-state index in [1.165, 1.54) is 5.57 Å². The Hall–Kier alpha value is -4.11. The van der Waals surface area contributed by atoms with Crippen LogP contribution in [0, 0.1) is 0 Å². The first-order chi connectivity index (χ1) is 17.5. The zero-order valence-corrected chi connectivity index (χ0v) is 20.1. The van der Waals surface area contributed by atoms with Crippen LogP contribution in [0.5, 0.6) is 0 Å². The number of amides is 1. The summed E-state index contributed by atoms with van der Waals surface area (Å²) in [5.41, 5.74) is 6.89. The van der Waals surface area contributed by atoms with Crippen LogP contribution in [0.2, 0.25) is 0 Å². The Morgan fingerprint density at radius 1 is 1.17 bits per heavy atom. The molecule has 9 heteroatoms. The van der Waals surface area contributed by atoms with Crippen molar-refractivity contribution in [2.24, 2.45) is 7.05 Å². The van der Waals surface area contributed by atoms with Crippen LogP contribution < -0.4 is 10.9 Å². The molecule has 1 amide bonds. The number of carbonyl (C=O) groups excluding carboxylic acids is 1. The highest BCUT2D eigenvalue weighted by atomic mass is 16.2. The summed E-state index contributed by atoms with van der Waals surface area (Å²) >= 11 is 0. The number of hydrogen-bond acceptors (Lipinski definition) is 6. The Labute approximate surface area is 207 Å². The van der Waals surface area contributed by atoms with Crippen LogP contribution in [0.25, 0.3) is 16.6 Å². The van der Waals surface area contributed by atoms with Crippen molar-refractivity contribution in [2.75, 3.05) is 18.4 Å². The minimum atomic E-state index is -0.257. The van der Waals surface area contributed by atoms with Crippen LogP contribution in [-0.4, -0.2) is 48.6 Å². The largest absolute Gasteiger partial charge is 0.320 e. The molecule has 2 aliphatic rings. The molecule has 0 atom stereocenters. The molecular formula is C27H27N7O2. The Kier molecular flexibility index (Phi) is 5.69. The van der Waals surface area contributed by atoms with Gasteiger partial charge in [-0.1, -0.05) is 12.1 Å². The molecule has 4 aromatic heterocycles. The third kappa shape index (κ3) is 4.70. The number of aryl methyl sites for hydroxylation is 1. The molecule has 1 aliphatic heterocycles. The van der Waals surface area contributed by atoms with Crippen LogP contribution in [0.15, 0.2) is 59.9 Å². The standard InChI is InChI=1S/C27H27N7O2/c1-33-16-21(14-30-33)31-27(36)23-5-4-20(13-29-23)18-6-8-34(9-7-18)15-17-10-25-24(28-12-17)11-22(19-2-3-19)26(35)32-25/h4-6,10-14,16,19H,2-3,7-9,15H2,1H3,(H,31,36)(H,32,35). The maximum absolute atomic E-state index is 12.4. The van der Waals surface area contributed by atoms with Gasteiger partial charge in [-0.25, -0.2) is 0 Å². The summed E-state index contributed by atoms with van der Waals surface area (Å²) in [6.07, 6.45) is 12.3. The first kappa shape index (κ1) is 22.4. The number of rotatable bonds is 6. The Balaban J connectivity index is 1.09. The average Bonchev–Trinajstić information content (AvgIpc) is 3.65. The number of aromatic nitrogens is 5. The number of anilines is 1. The molecule has 36 heavy (non-hydrogen) atoms. The van der Waals surface area contributed by atoms with E-state index in [4.69, 9.17) is 0 Å². The minimum absolute atomic E-state index is 0.0173. The third-order valence-electron chi connectivity index (χ3n) is 6.82. The second-order valence-corrected chi connectivity index (χ2v) is 9.61. The van der Waals surface area contributed by atoms with Crippen molar-refractivity contribution in [3.05, 3.63) is 87.9 Å². The van der Waals surface area contributed by atoms with Crippen molar-refractivity contribution in [1.82, 2.24) is 29.6 Å². The Bertz CT molecular complexity index is 1530. The number of hydrogen-bond donors (Lipinski definition) is 2. The van der Waals surface area contributed by atoms with Gasteiger partial charge in [0.1, 0.15) is 5.69 Å². The molecule has 0 saturated heterocycles. The van der Waals surface area contributed by atoms with E-state index in [2.05, 4.69) is 36.3 Å². The number of aromatic amines is 1. The van der Waals surface area contributed by atoms with Crippen molar-refractivity contribution >= 4 is 28.2 Å². The molecule has 0 unspecified atom stereocenters. The fourth-order valence-electron chi connectivity index (χ4n) is 4.70. The van der Waals surface area contributed by atoms with Gasteiger partial charge < -0.3 is 10.3 Å². The van der Waals surface area contributed by atoms with Crippen LogP contribution in [0.1, 0.15) is 52.4 Å². The van der Waals surface area contributed by atoms with E-state index in [0.29, 0.717) is 17.3 Å². The fourth-order valence-corrected chi connectivity index (χ4v) is 4.70.